The van der Waals surface area contributed by atoms with Gasteiger partial charge in [0.1, 0.15) is 0 Å². The second-order valence-electron chi connectivity index (χ2n) is 15.3. The van der Waals surface area contributed by atoms with Crippen LogP contribution in [0.1, 0.15) is 16.7 Å². The van der Waals surface area contributed by atoms with E-state index in [9.17, 15) is 22.1 Å². The van der Waals surface area contributed by atoms with Crippen LogP contribution >= 0.6 is 22.6 Å². The lowest BCUT2D eigenvalue weighted by molar-refractivity contribution is 0.588. The number of aryl methyl sites for hydroxylation is 2. The fourth-order valence-electron chi connectivity index (χ4n) is 8.44. The molecule has 0 bridgehead atoms. The van der Waals surface area contributed by atoms with Crippen LogP contribution in [0.15, 0.2) is 186 Å². The molecule has 0 atom stereocenters. The third-order valence-electron chi connectivity index (χ3n) is 11.4. The van der Waals surface area contributed by atoms with E-state index >= 15 is 0 Å². The number of nitriles is 1. The summed E-state index contributed by atoms with van der Waals surface area (Å²) in [7, 11) is -7.49. The minimum absolute atomic E-state index is 0.255. The molecular formula is C51H35IN4O4S2. The first-order valence-corrected chi connectivity index (χ1v) is 23.7. The zero-order chi connectivity index (χ0) is 42.9. The summed E-state index contributed by atoms with van der Waals surface area (Å²) in [5, 5.41) is 15.2. The van der Waals surface area contributed by atoms with Crippen molar-refractivity contribution in [3.8, 4) is 11.8 Å². The summed E-state index contributed by atoms with van der Waals surface area (Å²) >= 11 is 2.25. The van der Waals surface area contributed by atoms with Crippen molar-refractivity contribution in [2.24, 2.45) is 0 Å². The lowest BCUT2D eigenvalue weighted by Gasteiger charge is -2.11. The Balaban J connectivity index is 0.000000164. The number of aromatic nitrogens is 3. The zero-order valence-electron chi connectivity index (χ0n) is 33.4. The van der Waals surface area contributed by atoms with Crippen molar-refractivity contribution in [1.29, 1.82) is 5.26 Å². The van der Waals surface area contributed by atoms with Gasteiger partial charge in [-0.25, -0.2) is 24.8 Å². The number of rotatable bonds is 5. The molecule has 11 aromatic rings. The number of para-hydroxylation sites is 3. The molecule has 0 amide bonds. The molecule has 0 unspecified atom stereocenters. The van der Waals surface area contributed by atoms with E-state index in [2.05, 4.69) is 51.4 Å². The first-order valence-electron chi connectivity index (χ1n) is 19.8. The third-order valence-corrected chi connectivity index (χ3v) is 15.5. The van der Waals surface area contributed by atoms with Crippen LogP contribution in [-0.4, -0.2) is 29.3 Å². The van der Waals surface area contributed by atoms with E-state index < -0.39 is 20.0 Å². The van der Waals surface area contributed by atoms with E-state index in [1.54, 1.807) is 24.3 Å². The van der Waals surface area contributed by atoms with Crippen molar-refractivity contribution >= 4 is 108 Å². The zero-order valence-corrected chi connectivity index (χ0v) is 37.1. The molecule has 302 valence electrons. The van der Waals surface area contributed by atoms with Crippen LogP contribution in [0.2, 0.25) is 0 Å². The Kier molecular flexibility index (Phi) is 9.55. The van der Waals surface area contributed by atoms with Crippen molar-refractivity contribution < 1.29 is 16.8 Å². The second-order valence-corrected chi connectivity index (χ2v) is 20.1. The monoisotopic (exact) mass is 958 g/mol. The SMILES string of the molecule is Cc1ccc(S(=O)(=O)n2c3ccccc3c3cc(-n4c5ccccc5c5cc(C#N)ccc54)ccc32)cc1.Cc1ccc(S(=O)(=O)n2c3ccccc3c3cc(I)ccc32)cc1. The molecule has 0 fully saturated rings. The van der Waals surface area contributed by atoms with Crippen LogP contribution in [0.3, 0.4) is 0 Å². The van der Waals surface area contributed by atoms with Gasteiger partial charge in [-0.2, -0.15) is 5.26 Å². The maximum atomic E-state index is 13.9. The maximum absolute atomic E-state index is 13.9. The van der Waals surface area contributed by atoms with Crippen LogP contribution < -0.4 is 0 Å². The van der Waals surface area contributed by atoms with Gasteiger partial charge in [-0.15, -0.1) is 0 Å². The number of halogens is 1. The molecule has 62 heavy (non-hydrogen) atoms. The molecule has 8 nitrogen and oxygen atoms in total. The van der Waals surface area contributed by atoms with Crippen LogP contribution in [0.5, 0.6) is 0 Å². The first kappa shape index (κ1) is 39.4. The average molecular weight is 959 g/mol. The van der Waals surface area contributed by atoms with Gasteiger partial charge in [-0.05, 0) is 134 Å². The van der Waals surface area contributed by atoms with Crippen molar-refractivity contribution in [3.05, 3.63) is 196 Å². The highest BCUT2D eigenvalue weighted by Crippen LogP contribution is 2.38. The van der Waals surface area contributed by atoms with Gasteiger partial charge in [0.05, 0.1) is 54.5 Å². The van der Waals surface area contributed by atoms with Gasteiger partial charge in [-0.3, -0.25) is 0 Å². The average Bonchev–Trinajstić information content (AvgIpc) is 3.92. The summed E-state index contributed by atoms with van der Waals surface area (Å²) in [5.41, 5.74) is 8.25. The predicted octanol–water partition coefficient (Wildman–Crippen LogP) is 12.3. The van der Waals surface area contributed by atoms with Crippen LogP contribution in [0.4, 0.5) is 0 Å². The number of benzene rings is 8. The Morgan fingerprint density at radius 3 is 1.37 bits per heavy atom. The van der Waals surface area contributed by atoms with Gasteiger partial charge in [-0.1, -0.05) is 90.0 Å². The topological polar surface area (TPSA) is 107 Å². The molecule has 0 aliphatic heterocycles. The number of nitrogens with zero attached hydrogens (tertiary/aromatic N) is 4. The fourth-order valence-corrected chi connectivity index (χ4v) is 12.0. The largest absolute Gasteiger partial charge is 0.309 e. The van der Waals surface area contributed by atoms with E-state index in [0.29, 0.717) is 32.5 Å². The molecule has 0 saturated carbocycles. The Hall–Kier alpha value is -6.72. The van der Waals surface area contributed by atoms with Crippen LogP contribution in [-0.2, 0) is 20.0 Å². The summed E-state index contributed by atoms with van der Waals surface area (Å²) in [6.07, 6.45) is 0. The van der Waals surface area contributed by atoms with Crippen molar-refractivity contribution in [1.82, 2.24) is 12.5 Å². The standard InChI is InChI=1S/C32H21N3O2S.C19H14INO2S/c1-21-10-14-24(15-11-21)38(36,37)35-31-9-5-3-7-26(31)28-19-23(13-17-32(28)35)34-29-8-4-2-6-25(29)27-18-22(20-33)12-16-30(27)34;1-13-6-9-15(10-7-13)24(22,23)21-18-5-3-2-4-16(18)17-12-14(20)8-11-19(17)21/h2-19H,1H3;2-12H,1H3. The van der Waals surface area contributed by atoms with E-state index in [4.69, 9.17) is 0 Å². The van der Waals surface area contributed by atoms with Crippen molar-refractivity contribution in [3.63, 3.8) is 0 Å². The van der Waals surface area contributed by atoms with Gasteiger partial charge in [0.25, 0.3) is 20.0 Å². The summed E-state index contributed by atoms with van der Waals surface area (Å²) in [6.45, 7) is 3.88. The molecule has 0 N–H and O–H groups in total. The molecule has 3 heterocycles. The fraction of sp³-hybridized carbons (Fsp3) is 0.0392. The van der Waals surface area contributed by atoms with Gasteiger partial charge in [0.15, 0.2) is 0 Å². The van der Waals surface area contributed by atoms with Gasteiger partial charge in [0.2, 0.25) is 0 Å². The van der Waals surface area contributed by atoms with Crippen molar-refractivity contribution in [2.75, 3.05) is 0 Å². The predicted molar refractivity (Wildman–Crippen MR) is 258 cm³/mol. The minimum Gasteiger partial charge on any atom is -0.309 e. The molecule has 0 aliphatic rings. The highest BCUT2D eigenvalue weighted by Gasteiger charge is 2.25. The van der Waals surface area contributed by atoms with Crippen molar-refractivity contribution in [2.45, 2.75) is 23.6 Å². The normalized spacial score (nSPS) is 12.0. The number of hydrogen-bond acceptors (Lipinski definition) is 5. The smallest absolute Gasteiger partial charge is 0.268 e. The van der Waals surface area contributed by atoms with Crippen LogP contribution in [0, 0.1) is 28.7 Å². The molecule has 0 radical (unpaired) electrons. The molecule has 11 rings (SSSR count). The Labute approximate surface area is 371 Å². The second kappa shape index (κ2) is 15.0. The Morgan fingerprint density at radius 1 is 0.435 bits per heavy atom. The number of hydrogen-bond donors (Lipinski definition) is 0. The minimum atomic E-state index is -3.83. The van der Waals surface area contributed by atoms with E-state index in [-0.39, 0.29) is 4.90 Å². The van der Waals surface area contributed by atoms with Gasteiger partial charge < -0.3 is 4.57 Å². The highest BCUT2D eigenvalue weighted by atomic mass is 127. The molecule has 8 aromatic carbocycles. The molecule has 3 aromatic heterocycles. The quantitative estimate of drug-likeness (QED) is 0.160. The summed E-state index contributed by atoms with van der Waals surface area (Å²) < 4.78 is 60.5. The lowest BCUT2D eigenvalue weighted by Crippen LogP contribution is -2.12. The molecule has 0 aliphatic carbocycles. The van der Waals surface area contributed by atoms with Gasteiger partial charge >= 0.3 is 0 Å². The Morgan fingerprint density at radius 2 is 0.839 bits per heavy atom. The summed E-state index contributed by atoms with van der Waals surface area (Å²) in [4.78, 5) is 0.555. The first-order chi connectivity index (χ1) is 29.9. The highest BCUT2D eigenvalue weighted by molar-refractivity contribution is 14.1. The molecular weight excluding hydrogens is 924 g/mol. The summed E-state index contributed by atoms with van der Waals surface area (Å²) in [5.74, 6) is 0. The van der Waals surface area contributed by atoms with E-state index in [1.807, 2.05) is 147 Å². The molecule has 11 heteroatoms. The Bertz CT molecular complexity index is 3880. The molecule has 0 spiro atoms. The van der Waals surface area contributed by atoms with Crippen LogP contribution in [0.25, 0.3) is 71.1 Å². The van der Waals surface area contributed by atoms with E-state index in [1.165, 1.54) is 7.94 Å². The number of fused-ring (bicyclic) bond motifs is 9. The summed E-state index contributed by atoms with van der Waals surface area (Å²) in [6, 6.07) is 57.0. The lowest BCUT2D eigenvalue weighted by atomic mass is 10.1. The van der Waals surface area contributed by atoms with E-state index in [0.717, 1.165) is 63.7 Å². The van der Waals surface area contributed by atoms with Gasteiger partial charge in [0, 0.05) is 41.6 Å². The maximum Gasteiger partial charge on any atom is 0.268 e. The third kappa shape index (κ3) is 6.36. The molecule has 0 saturated heterocycles.